The summed E-state index contributed by atoms with van der Waals surface area (Å²) in [5.74, 6) is -0.259. The Morgan fingerprint density at radius 3 is 2.54 bits per heavy atom. The van der Waals surface area contributed by atoms with Gasteiger partial charge in [0.25, 0.3) is 5.91 Å². The molecule has 1 amide bonds. The fraction of sp³-hybridized carbons (Fsp3) is 0.433. The Morgan fingerprint density at radius 2 is 1.86 bits per heavy atom. The molecule has 1 saturated carbocycles. The van der Waals surface area contributed by atoms with Gasteiger partial charge in [0.2, 0.25) is 0 Å². The first-order valence-electron chi connectivity index (χ1n) is 12.8. The van der Waals surface area contributed by atoms with Gasteiger partial charge in [0.15, 0.2) is 0 Å². The van der Waals surface area contributed by atoms with Crippen molar-refractivity contribution >= 4 is 17.8 Å². The maximum Gasteiger partial charge on any atom is 0.308 e. The lowest BCUT2D eigenvalue weighted by Gasteiger charge is -2.56. The number of piperidine rings is 1. The third-order valence-electron chi connectivity index (χ3n) is 7.86. The van der Waals surface area contributed by atoms with Gasteiger partial charge in [-0.15, -0.1) is 6.58 Å². The van der Waals surface area contributed by atoms with Gasteiger partial charge in [0, 0.05) is 63.3 Å². The van der Waals surface area contributed by atoms with Crippen LogP contribution in [0.15, 0.2) is 67.3 Å². The van der Waals surface area contributed by atoms with Crippen LogP contribution in [0.1, 0.15) is 49.0 Å². The van der Waals surface area contributed by atoms with Crippen LogP contribution in [0.5, 0.6) is 5.75 Å². The van der Waals surface area contributed by atoms with Gasteiger partial charge < -0.3 is 14.4 Å². The SMILES string of the molecule is C=CCN1CCC2(c3cccc(OC(C)=O)c3)C[C@@H](N(C)C(=O)c3ccccc3)CC(OC(C)=O)C2C1. The quantitative estimate of drug-likeness (QED) is 0.319. The molecule has 4 rings (SSSR count). The Balaban J connectivity index is 1.76. The molecular weight excluding hydrogens is 468 g/mol. The number of esters is 2. The van der Waals surface area contributed by atoms with Crippen LogP contribution in [-0.2, 0) is 19.7 Å². The summed E-state index contributed by atoms with van der Waals surface area (Å²) < 4.78 is 11.4. The largest absolute Gasteiger partial charge is 0.462 e. The van der Waals surface area contributed by atoms with Gasteiger partial charge in [-0.25, -0.2) is 0 Å². The van der Waals surface area contributed by atoms with Crippen LogP contribution < -0.4 is 4.74 Å². The highest BCUT2D eigenvalue weighted by atomic mass is 16.5. The van der Waals surface area contributed by atoms with Gasteiger partial charge in [-0.05, 0) is 49.2 Å². The van der Waals surface area contributed by atoms with Crippen molar-refractivity contribution in [2.75, 3.05) is 26.7 Å². The molecule has 2 aliphatic rings. The van der Waals surface area contributed by atoms with E-state index in [1.54, 1.807) is 11.0 Å². The summed E-state index contributed by atoms with van der Waals surface area (Å²) in [6.45, 7) is 9.07. The minimum atomic E-state index is -0.375. The van der Waals surface area contributed by atoms with E-state index in [0.29, 0.717) is 17.7 Å². The lowest BCUT2D eigenvalue weighted by atomic mass is 9.56. The van der Waals surface area contributed by atoms with E-state index in [9.17, 15) is 14.4 Å². The Morgan fingerprint density at radius 1 is 1.11 bits per heavy atom. The Labute approximate surface area is 219 Å². The molecule has 0 spiro atoms. The van der Waals surface area contributed by atoms with E-state index >= 15 is 0 Å². The number of benzene rings is 2. The molecule has 0 aromatic heterocycles. The van der Waals surface area contributed by atoms with E-state index in [2.05, 4.69) is 17.5 Å². The van der Waals surface area contributed by atoms with Crippen molar-refractivity contribution in [1.29, 1.82) is 0 Å². The van der Waals surface area contributed by atoms with Crippen LogP contribution in [0.4, 0.5) is 0 Å². The number of hydrogen-bond donors (Lipinski definition) is 0. The molecule has 0 radical (unpaired) electrons. The monoisotopic (exact) mass is 504 g/mol. The molecule has 2 aromatic carbocycles. The van der Waals surface area contributed by atoms with Gasteiger partial charge in [-0.1, -0.05) is 36.4 Å². The molecule has 2 aromatic rings. The molecule has 2 fully saturated rings. The number of fused-ring (bicyclic) bond motifs is 1. The topological polar surface area (TPSA) is 76.2 Å². The fourth-order valence-electron chi connectivity index (χ4n) is 6.20. The van der Waals surface area contributed by atoms with Gasteiger partial charge in [0.05, 0.1) is 0 Å². The molecule has 7 heteroatoms. The molecule has 1 saturated heterocycles. The first-order chi connectivity index (χ1) is 17.7. The van der Waals surface area contributed by atoms with Gasteiger partial charge in [0.1, 0.15) is 11.9 Å². The molecule has 196 valence electrons. The number of carbonyl (C=O) groups excluding carboxylic acids is 3. The summed E-state index contributed by atoms with van der Waals surface area (Å²) in [6.07, 6.45) is 3.62. The fourth-order valence-corrected chi connectivity index (χ4v) is 6.20. The highest BCUT2D eigenvalue weighted by molar-refractivity contribution is 5.94. The molecule has 37 heavy (non-hydrogen) atoms. The third kappa shape index (κ3) is 5.77. The third-order valence-corrected chi connectivity index (χ3v) is 7.86. The summed E-state index contributed by atoms with van der Waals surface area (Å²) in [5.41, 5.74) is 1.29. The van der Waals surface area contributed by atoms with E-state index < -0.39 is 0 Å². The summed E-state index contributed by atoms with van der Waals surface area (Å²) in [4.78, 5) is 41.5. The second kappa shape index (κ2) is 11.3. The summed E-state index contributed by atoms with van der Waals surface area (Å²) in [5, 5.41) is 0. The Kier molecular flexibility index (Phi) is 8.13. The first kappa shape index (κ1) is 26.6. The van der Waals surface area contributed by atoms with Crippen LogP contribution in [0, 0.1) is 5.92 Å². The van der Waals surface area contributed by atoms with Crippen LogP contribution in [0.3, 0.4) is 0 Å². The number of amides is 1. The van der Waals surface area contributed by atoms with Crippen LogP contribution in [0.2, 0.25) is 0 Å². The zero-order valence-electron chi connectivity index (χ0n) is 21.9. The summed E-state index contributed by atoms with van der Waals surface area (Å²) in [6, 6.07) is 16.8. The molecule has 0 bridgehead atoms. The summed E-state index contributed by atoms with van der Waals surface area (Å²) in [7, 11) is 1.83. The Hall–Kier alpha value is -3.45. The standard InChI is InChI=1S/C30H36N2O5/c1-5-15-32-16-14-30(24-12-9-13-26(17-24)36-21(2)33)19-25(18-28(27(30)20-32)37-22(3)34)31(4)29(35)23-10-7-6-8-11-23/h5-13,17,25,27-28H,1,14-16,18-20H2,2-4H3/t25-,27?,28?,30?/m0/s1. The lowest BCUT2D eigenvalue weighted by Crippen LogP contribution is -2.61. The van der Waals surface area contributed by atoms with Crippen molar-refractivity contribution in [3.63, 3.8) is 0 Å². The maximum atomic E-state index is 13.4. The van der Waals surface area contributed by atoms with Crippen molar-refractivity contribution in [3.05, 3.63) is 78.4 Å². The van der Waals surface area contributed by atoms with Gasteiger partial charge in [-0.2, -0.15) is 0 Å². The highest BCUT2D eigenvalue weighted by Gasteiger charge is 2.54. The average Bonchev–Trinajstić information content (AvgIpc) is 2.88. The number of ether oxygens (including phenoxy) is 2. The molecule has 1 heterocycles. The van der Waals surface area contributed by atoms with Crippen LogP contribution >= 0.6 is 0 Å². The predicted octanol–water partition coefficient (Wildman–Crippen LogP) is 4.22. The highest BCUT2D eigenvalue weighted by Crippen LogP contribution is 2.51. The number of nitrogens with zero attached hydrogens (tertiary/aromatic N) is 2. The van der Waals surface area contributed by atoms with Crippen molar-refractivity contribution in [2.24, 2.45) is 5.92 Å². The zero-order valence-corrected chi connectivity index (χ0v) is 21.9. The van der Waals surface area contributed by atoms with E-state index in [0.717, 1.165) is 38.0 Å². The minimum absolute atomic E-state index is 0.00848. The van der Waals surface area contributed by atoms with Gasteiger partial charge in [-0.3, -0.25) is 19.3 Å². The van der Waals surface area contributed by atoms with E-state index in [-0.39, 0.29) is 41.3 Å². The first-order valence-corrected chi connectivity index (χ1v) is 12.8. The van der Waals surface area contributed by atoms with E-state index in [1.165, 1.54) is 13.8 Å². The molecule has 4 atom stereocenters. The summed E-state index contributed by atoms with van der Waals surface area (Å²) >= 11 is 0. The van der Waals surface area contributed by atoms with Crippen molar-refractivity contribution in [1.82, 2.24) is 9.80 Å². The van der Waals surface area contributed by atoms with E-state index in [4.69, 9.17) is 9.47 Å². The zero-order chi connectivity index (χ0) is 26.6. The molecule has 7 nitrogen and oxygen atoms in total. The van der Waals surface area contributed by atoms with Crippen molar-refractivity contribution < 1.29 is 23.9 Å². The van der Waals surface area contributed by atoms with Gasteiger partial charge >= 0.3 is 11.9 Å². The smallest absolute Gasteiger partial charge is 0.308 e. The second-order valence-electron chi connectivity index (χ2n) is 10.2. The number of carbonyl (C=O) groups is 3. The molecule has 0 N–H and O–H groups in total. The molecular formula is C30H36N2O5. The van der Waals surface area contributed by atoms with Crippen LogP contribution in [0.25, 0.3) is 0 Å². The predicted molar refractivity (Wildman–Crippen MR) is 141 cm³/mol. The second-order valence-corrected chi connectivity index (χ2v) is 10.2. The molecule has 3 unspecified atom stereocenters. The normalized spacial score (nSPS) is 25.4. The van der Waals surface area contributed by atoms with Crippen molar-refractivity contribution in [3.8, 4) is 5.75 Å². The lowest BCUT2D eigenvalue weighted by molar-refractivity contribution is -0.158. The van der Waals surface area contributed by atoms with Crippen molar-refractivity contribution in [2.45, 2.75) is 50.7 Å². The number of hydrogen-bond acceptors (Lipinski definition) is 6. The van der Waals surface area contributed by atoms with Crippen LogP contribution in [-0.4, -0.2) is 66.5 Å². The minimum Gasteiger partial charge on any atom is -0.462 e. The maximum absolute atomic E-state index is 13.4. The number of rotatable bonds is 7. The Bertz CT molecular complexity index is 1150. The average molecular weight is 505 g/mol. The number of likely N-dealkylation sites (tertiary alicyclic amines) is 1. The molecule has 1 aliphatic heterocycles. The van der Waals surface area contributed by atoms with E-state index in [1.807, 2.05) is 55.6 Å². The molecule has 1 aliphatic carbocycles.